The van der Waals surface area contributed by atoms with Crippen LogP contribution in [0.15, 0.2) is 25.3 Å². The standard InChI is InChI=1S/C3H8O3.2C3H4O2/c1-2-3(4,5)6;2*1-2-3(4)5/h4-6H,2H2,1H3;2*2H,1H2,(H,4,5). The van der Waals surface area contributed by atoms with E-state index in [1.54, 1.807) is 0 Å². The first-order chi connectivity index (χ1) is 7.10. The highest BCUT2D eigenvalue weighted by molar-refractivity contribution is 5.79. The summed E-state index contributed by atoms with van der Waals surface area (Å²) in [5, 5.41) is 39.0. The molecular formula is C9H16O7. The molecule has 0 aliphatic rings. The van der Waals surface area contributed by atoms with E-state index < -0.39 is 17.9 Å². The lowest BCUT2D eigenvalue weighted by molar-refractivity contribution is -0.312. The Morgan fingerprint density at radius 1 is 1.06 bits per heavy atom. The highest BCUT2D eigenvalue weighted by Gasteiger charge is 2.11. The summed E-state index contributed by atoms with van der Waals surface area (Å²) in [5.41, 5.74) is 0. The van der Waals surface area contributed by atoms with Crippen LogP contribution in [0.1, 0.15) is 13.3 Å². The zero-order chi connectivity index (χ0) is 13.8. The second-order valence-electron chi connectivity index (χ2n) is 2.21. The number of aliphatic carboxylic acids is 2. The molecule has 7 nitrogen and oxygen atoms in total. The molecule has 0 aromatic carbocycles. The first kappa shape index (κ1) is 19.8. The Morgan fingerprint density at radius 3 is 1.19 bits per heavy atom. The molecular weight excluding hydrogens is 220 g/mol. The van der Waals surface area contributed by atoms with Crippen LogP contribution in [-0.4, -0.2) is 43.4 Å². The van der Waals surface area contributed by atoms with Crippen molar-refractivity contribution in [2.24, 2.45) is 0 Å². The zero-order valence-corrected chi connectivity index (χ0v) is 8.83. The molecule has 0 radical (unpaired) electrons. The number of hydrogen-bond donors (Lipinski definition) is 5. The van der Waals surface area contributed by atoms with Crippen molar-refractivity contribution in [2.45, 2.75) is 19.3 Å². The van der Waals surface area contributed by atoms with Gasteiger partial charge in [0.25, 0.3) is 5.97 Å². The van der Waals surface area contributed by atoms with Gasteiger partial charge >= 0.3 is 11.9 Å². The Morgan fingerprint density at radius 2 is 1.19 bits per heavy atom. The minimum Gasteiger partial charge on any atom is -0.478 e. The molecule has 0 unspecified atom stereocenters. The van der Waals surface area contributed by atoms with Crippen LogP contribution in [0.4, 0.5) is 0 Å². The molecule has 0 bridgehead atoms. The van der Waals surface area contributed by atoms with Gasteiger partial charge in [0.15, 0.2) is 0 Å². The predicted octanol–water partition coefficient (Wildman–Crippen LogP) is -0.459. The van der Waals surface area contributed by atoms with E-state index in [9.17, 15) is 9.59 Å². The molecule has 0 rings (SSSR count). The van der Waals surface area contributed by atoms with Crippen LogP contribution >= 0.6 is 0 Å². The number of rotatable bonds is 3. The van der Waals surface area contributed by atoms with Crippen molar-refractivity contribution in [1.82, 2.24) is 0 Å². The van der Waals surface area contributed by atoms with E-state index in [0.717, 1.165) is 12.2 Å². The average Bonchev–Trinajstić information content (AvgIpc) is 2.18. The van der Waals surface area contributed by atoms with Crippen LogP contribution in [0.25, 0.3) is 0 Å². The van der Waals surface area contributed by atoms with Crippen LogP contribution in [0, 0.1) is 0 Å². The summed E-state index contributed by atoms with van der Waals surface area (Å²) < 4.78 is 0. The lowest BCUT2D eigenvalue weighted by Gasteiger charge is -2.08. The molecule has 0 spiro atoms. The summed E-state index contributed by atoms with van der Waals surface area (Å²) in [5.74, 6) is -4.42. The molecule has 94 valence electrons. The molecule has 0 atom stereocenters. The van der Waals surface area contributed by atoms with Crippen LogP contribution in [-0.2, 0) is 9.59 Å². The van der Waals surface area contributed by atoms with Crippen molar-refractivity contribution in [1.29, 1.82) is 0 Å². The highest BCUT2D eigenvalue weighted by Crippen LogP contribution is 1.95. The van der Waals surface area contributed by atoms with Crippen molar-refractivity contribution >= 4 is 11.9 Å². The maximum atomic E-state index is 9.25. The Bertz CT molecular complexity index is 209. The van der Waals surface area contributed by atoms with Crippen LogP contribution in [0.2, 0.25) is 0 Å². The van der Waals surface area contributed by atoms with E-state index in [4.69, 9.17) is 25.5 Å². The number of carboxylic acids is 2. The minimum absolute atomic E-state index is 0.0625. The van der Waals surface area contributed by atoms with Gasteiger partial charge < -0.3 is 25.5 Å². The molecule has 0 saturated carbocycles. The smallest absolute Gasteiger partial charge is 0.327 e. The third kappa shape index (κ3) is 55.9. The second-order valence-corrected chi connectivity index (χ2v) is 2.21. The van der Waals surface area contributed by atoms with Crippen molar-refractivity contribution < 1.29 is 35.1 Å². The van der Waals surface area contributed by atoms with Crippen molar-refractivity contribution in [3.8, 4) is 0 Å². The SMILES string of the molecule is C=CC(=O)O.C=CC(=O)O.CCC(O)(O)O. The van der Waals surface area contributed by atoms with Gasteiger partial charge in [-0.3, -0.25) is 0 Å². The Balaban J connectivity index is -0.000000160. The molecule has 0 heterocycles. The molecule has 0 fully saturated rings. The summed E-state index contributed by atoms with van der Waals surface area (Å²) >= 11 is 0. The molecule has 5 N–H and O–H groups in total. The highest BCUT2D eigenvalue weighted by atomic mass is 16.7. The van der Waals surface area contributed by atoms with E-state index in [1.165, 1.54) is 6.92 Å². The Hall–Kier alpha value is -1.70. The van der Waals surface area contributed by atoms with Gasteiger partial charge in [0.1, 0.15) is 0 Å². The fourth-order valence-electron chi connectivity index (χ4n) is 0. The van der Waals surface area contributed by atoms with Crippen molar-refractivity contribution in [3.05, 3.63) is 25.3 Å². The van der Waals surface area contributed by atoms with E-state index in [-0.39, 0.29) is 6.42 Å². The molecule has 0 aromatic rings. The monoisotopic (exact) mass is 236 g/mol. The largest absolute Gasteiger partial charge is 0.478 e. The molecule has 0 aromatic heterocycles. The summed E-state index contributed by atoms with van der Waals surface area (Å²) in [7, 11) is 0. The van der Waals surface area contributed by atoms with Gasteiger partial charge in [-0.25, -0.2) is 9.59 Å². The van der Waals surface area contributed by atoms with Gasteiger partial charge in [0.05, 0.1) is 0 Å². The van der Waals surface area contributed by atoms with Gasteiger partial charge in [0.2, 0.25) is 0 Å². The summed E-state index contributed by atoms with van der Waals surface area (Å²) in [6, 6.07) is 0. The van der Waals surface area contributed by atoms with E-state index in [2.05, 4.69) is 13.2 Å². The molecule has 0 saturated heterocycles. The fourth-order valence-corrected chi connectivity index (χ4v) is 0. The fraction of sp³-hybridized carbons (Fsp3) is 0.333. The van der Waals surface area contributed by atoms with Gasteiger partial charge in [-0.2, -0.15) is 0 Å². The lowest BCUT2D eigenvalue weighted by atomic mass is 10.4. The van der Waals surface area contributed by atoms with E-state index in [1.807, 2.05) is 0 Å². The number of hydrogen-bond acceptors (Lipinski definition) is 5. The average molecular weight is 236 g/mol. The molecule has 0 amide bonds. The quantitative estimate of drug-likeness (QED) is 0.330. The normalized spacial score (nSPS) is 8.50. The molecule has 0 aliphatic heterocycles. The predicted molar refractivity (Wildman–Crippen MR) is 55.3 cm³/mol. The topological polar surface area (TPSA) is 135 Å². The summed E-state index contributed by atoms with van der Waals surface area (Å²) in [4.78, 5) is 18.5. The Labute approximate surface area is 92.6 Å². The van der Waals surface area contributed by atoms with Crippen LogP contribution in [0.3, 0.4) is 0 Å². The van der Waals surface area contributed by atoms with E-state index >= 15 is 0 Å². The van der Waals surface area contributed by atoms with Gasteiger partial charge in [-0.1, -0.05) is 20.1 Å². The molecule has 7 heteroatoms. The number of aliphatic hydroxyl groups is 3. The van der Waals surface area contributed by atoms with Gasteiger partial charge in [-0.15, -0.1) is 0 Å². The third-order valence-corrected chi connectivity index (χ3v) is 0.824. The molecule has 16 heavy (non-hydrogen) atoms. The summed E-state index contributed by atoms with van der Waals surface area (Å²) in [6.45, 7) is 7.38. The van der Waals surface area contributed by atoms with E-state index in [0.29, 0.717) is 0 Å². The van der Waals surface area contributed by atoms with Crippen LogP contribution in [0.5, 0.6) is 0 Å². The second kappa shape index (κ2) is 11.4. The Kier molecular flexibility index (Phi) is 14.1. The maximum absolute atomic E-state index is 9.25. The lowest BCUT2D eigenvalue weighted by Crippen LogP contribution is -2.24. The van der Waals surface area contributed by atoms with Gasteiger partial charge in [-0.05, 0) is 0 Å². The maximum Gasteiger partial charge on any atom is 0.327 e. The van der Waals surface area contributed by atoms with Crippen molar-refractivity contribution in [2.75, 3.05) is 0 Å². The first-order valence-corrected chi connectivity index (χ1v) is 3.98. The van der Waals surface area contributed by atoms with Crippen LogP contribution < -0.4 is 0 Å². The first-order valence-electron chi connectivity index (χ1n) is 3.98. The van der Waals surface area contributed by atoms with Crippen molar-refractivity contribution in [3.63, 3.8) is 0 Å². The third-order valence-electron chi connectivity index (χ3n) is 0.824. The van der Waals surface area contributed by atoms with Gasteiger partial charge in [0, 0.05) is 18.6 Å². The zero-order valence-electron chi connectivity index (χ0n) is 8.83. The minimum atomic E-state index is -2.46. The number of carboxylic acid groups (broad SMARTS) is 2. The molecule has 0 aliphatic carbocycles. The number of carbonyl (C=O) groups is 2. The summed E-state index contributed by atoms with van der Waals surface area (Å²) in [6.07, 6.45) is 1.60.